The van der Waals surface area contributed by atoms with Crippen molar-refractivity contribution in [2.75, 3.05) is 26.2 Å². The van der Waals surface area contributed by atoms with Crippen molar-refractivity contribution < 1.29 is 4.79 Å². The lowest BCUT2D eigenvalue weighted by molar-refractivity contribution is -0.137. The van der Waals surface area contributed by atoms with Crippen LogP contribution in [0.25, 0.3) is 0 Å². The quantitative estimate of drug-likeness (QED) is 0.705. The molecule has 2 aromatic carbocycles. The average Bonchev–Trinajstić information content (AvgIpc) is 2.70. The van der Waals surface area contributed by atoms with Gasteiger partial charge in [-0.1, -0.05) is 72.2 Å². The Labute approximate surface area is 165 Å². The van der Waals surface area contributed by atoms with E-state index in [1.807, 2.05) is 11.8 Å². The second-order valence-electron chi connectivity index (χ2n) is 7.04. The van der Waals surface area contributed by atoms with Gasteiger partial charge in [-0.15, -0.1) is 0 Å². The summed E-state index contributed by atoms with van der Waals surface area (Å²) in [5, 5.41) is 0. The van der Waals surface area contributed by atoms with E-state index in [4.69, 9.17) is 0 Å². The third kappa shape index (κ3) is 4.36. The van der Waals surface area contributed by atoms with Crippen molar-refractivity contribution in [3.63, 3.8) is 0 Å². The number of benzene rings is 2. The topological polar surface area (TPSA) is 23.6 Å². The van der Waals surface area contributed by atoms with Crippen molar-refractivity contribution in [3.05, 3.63) is 70.2 Å². The fraction of sp³-hybridized carbons (Fsp3) is 0.409. The number of hydrogen-bond donors (Lipinski definition) is 0. The lowest BCUT2D eigenvalue weighted by Gasteiger charge is -2.40. The van der Waals surface area contributed by atoms with Crippen LogP contribution in [-0.4, -0.2) is 41.9 Å². The minimum Gasteiger partial charge on any atom is -0.340 e. The van der Waals surface area contributed by atoms with Crippen LogP contribution in [0.3, 0.4) is 0 Å². The van der Waals surface area contributed by atoms with Crippen LogP contribution in [0.2, 0.25) is 0 Å². The molecule has 1 heterocycles. The molecule has 3 rings (SSSR count). The van der Waals surface area contributed by atoms with Gasteiger partial charge in [0.25, 0.3) is 0 Å². The van der Waals surface area contributed by atoms with Gasteiger partial charge in [-0.05, 0) is 29.7 Å². The third-order valence-corrected chi connectivity index (χ3v) is 5.85. The molecule has 1 fully saturated rings. The lowest BCUT2D eigenvalue weighted by atomic mass is 9.96. The van der Waals surface area contributed by atoms with Crippen molar-refractivity contribution in [1.29, 1.82) is 0 Å². The largest absolute Gasteiger partial charge is 0.340 e. The molecule has 0 unspecified atom stereocenters. The van der Waals surface area contributed by atoms with Crippen LogP contribution >= 0.6 is 15.9 Å². The van der Waals surface area contributed by atoms with Crippen molar-refractivity contribution in [2.24, 2.45) is 5.92 Å². The smallest absolute Gasteiger partial charge is 0.225 e. The van der Waals surface area contributed by atoms with Crippen LogP contribution in [0, 0.1) is 5.92 Å². The summed E-state index contributed by atoms with van der Waals surface area (Å²) < 4.78 is 1.09. The monoisotopic (exact) mass is 414 g/mol. The second-order valence-corrected chi connectivity index (χ2v) is 7.95. The molecule has 1 aliphatic rings. The molecule has 1 aliphatic heterocycles. The molecular weight excluding hydrogens is 388 g/mol. The van der Waals surface area contributed by atoms with Gasteiger partial charge in [-0.3, -0.25) is 9.69 Å². The molecule has 4 heteroatoms. The Hall–Kier alpha value is -1.65. The van der Waals surface area contributed by atoms with Crippen LogP contribution in [0.5, 0.6) is 0 Å². The minimum atomic E-state index is 0.123. The van der Waals surface area contributed by atoms with E-state index in [1.165, 1.54) is 11.1 Å². The lowest BCUT2D eigenvalue weighted by Crippen LogP contribution is -2.51. The zero-order valence-electron chi connectivity index (χ0n) is 15.6. The fourth-order valence-electron chi connectivity index (χ4n) is 3.58. The van der Waals surface area contributed by atoms with Crippen molar-refractivity contribution in [1.82, 2.24) is 9.80 Å². The molecule has 2 aromatic rings. The number of rotatable bonds is 5. The first-order chi connectivity index (χ1) is 12.6. The van der Waals surface area contributed by atoms with Crippen LogP contribution in [-0.2, 0) is 4.79 Å². The first kappa shape index (κ1) is 19.1. The molecule has 0 N–H and O–H groups in total. The first-order valence-electron chi connectivity index (χ1n) is 9.43. The molecule has 0 bridgehead atoms. The predicted molar refractivity (Wildman–Crippen MR) is 110 cm³/mol. The average molecular weight is 415 g/mol. The van der Waals surface area contributed by atoms with Crippen molar-refractivity contribution in [2.45, 2.75) is 26.3 Å². The number of carbonyl (C=O) groups is 1. The summed E-state index contributed by atoms with van der Waals surface area (Å²) in [6.07, 6.45) is 0.907. The van der Waals surface area contributed by atoms with E-state index in [0.29, 0.717) is 5.91 Å². The van der Waals surface area contributed by atoms with Gasteiger partial charge in [-0.2, -0.15) is 0 Å². The van der Waals surface area contributed by atoms with E-state index in [1.54, 1.807) is 0 Å². The Kier molecular flexibility index (Phi) is 6.49. The number of piperazine rings is 1. The second kappa shape index (κ2) is 8.83. The van der Waals surface area contributed by atoms with E-state index in [9.17, 15) is 4.79 Å². The van der Waals surface area contributed by atoms with Gasteiger partial charge in [0, 0.05) is 36.6 Å². The van der Waals surface area contributed by atoms with E-state index < -0.39 is 0 Å². The SMILES string of the molecule is CC[C@@H](C)C(=O)N1CCN([C@@H](c2ccccc2)c2ccc(Br)cc2)CC1. The van der Waals surface area contributed by atoms with Crippen molar-refractivity contribution >= 4 is 21.8 Å². The standard InChI is InChI=1S/C22H27BrN2O/c1-3-17(2)22(26)25-15-13-24(14-16-25)21(18-7-5-4-6-8-18)19-9-11-20(23)12-10-19/h4-12,17,21H,3,13-16H2,1-2H3/t17-,21+/m1/s1. The summed E-state index contributed by atoms with van der Waals surface area (Å²) in [5.41, 5.74) is 2.60. The Morgan fingerprint density at radius 1 is 0.962 bits per heavy atom. The molecule has 0 aromatic heterocycles. The molecule has 1 amide bonds. The molecule has 1 saturated heterocycles. The zero-order valence-corrected chi connectivity index (χ0v) is 17.2. The Bertz CT molecular complexity index is 709. The van der Waals surface area contributed by atoms with E-state index in [2.05, 4.69) is 82.4 Å². The van der Waals surface area contributed by atoms with Crippen LogP contribution in [0.15, 0.2) is 59.1 Å². The molecule has 0 spiro atoms. The fourth-order valence-corrected chi connectivity index (χ4v) is 3.85. The van der Waals surface area contributed by atoms with Gasteiger partial charge in [-0.25, -0.2) is 0 Å². The Morgan fingerprint density at radius 3 is 2.12 bits per heavy atom. The van der Waals surface area contributed by atoms with Gasteiger partial charge in [0.05, 0.1) is 6.04 Å². The summed E-state index contributed by atoms with van der Waals surface area (Å²) in [5.74, 6) is 0.421. The summed E-state index contributed by atoms with van der Waals surface area (Å²) in [7, 11) is 0. The van der Waals surface area contributed by atoms with Crippen LogP contribution in [0.1, 0.15) is 37.4 Å². The van der Waals surface area contributed by atoms with E-state index in [0.717, 1.165) is 37.1 Å². The van der Waals surface area contributed by atoms with Gasteiger partial charge in [0.1, 0.15) is 0 Å². The number of amides is 1. The van der Waals surface area contributed by atoms with E-state index >= 15 is 0 Å². The molecule has 0 saturated carbocycles. The third-order valence-electron chi connectivity index (χ3n) is 5.33. The van der Waals surface area contributed by atoms with Gasteiger partial charge in [0.2, 0.25) is 5.91 Å². The summed E-state index contributed by atoms with van der Waals surface area (Å²) in [6, 6.07) is 19.5. The highest BCUT2D eigenvalue weighted by atomic mass is 79.9. The Morgan fingerprint density at radius 2 is 1.54 bits per heavy atom. The minimum absolute atomic E-state index is 0.123. The molecule has 26 heavy (non-hydrogen) atoms. The molecule has 138 valence electrons. The van der Waals surface area contributed by atoms with Gasteiger partial charge < -0.3 is 4.90 Å². The normalized spacial score (nSPS) is 17.7. The highest BCUT2D eigenvalue weighted by Gasteiger charge is 2.29. The number of halogens is 1. The highest BCUT2D eigenvalue weighted by molar-refractivity contribution is 9.10. The zero-order chi connectivity index (χ0) is 18.5. The Balaban J connectivity index is 1.79. The first-order valence-corrected chi connectivity index (χ1v) is 10.2. The maximum atomic E-state index is 12.5. The van der Waals surface area contributed by atoms with Crippen LogP contribution < -0.4 is 0 Å². The maximum absolute atomic E-state index is 12.5. The molecule has 2 atom stereocenters. The summed E-state index contributed by atoms with van der Waals surface area (Å²) in [4.78, 5) is 17.0. The van der Waals surface area contributed by atoms with Crippen molar-refractivity contribution in [3.8, 4) is 0 Å². The molecule has 0 aliphatic carbocycles. The molecular formula is C22H27BrN2O. The van der Waals surface area contributed by atoms with Crippen LogP contribution in [0.4, 0.5) is 0 Å². The summed E-state index contributed by atoms with van der Waals surface area (Å²) >= 11 is 3.53. The predicted octanol–water partition coefficient (Wildman–Crippen LogP) is 4.73. The molecule has 0 radical (unpaired) electrons. The van der Waals surface area contributed by atoms with Gasteiger partial charge in [0.15, 0.2) is 0 Å². The number of hydrogen-bond acceptors (Lipinski definition) is 2. The number of nitrogens with zero attached hydrogens (tertiary/aromatic N) is 2. The maximum Gasteiger partial charge on any atom is 0.225 e. The summed E-state index contributed by atoms with van der Waals surface area (Å²) in [6.45, 7) is 7.53. The number of carbonyl (C=O) groups excluding carboxylic acids is 1. The van der Waals surface area contributed by atoms with Gasteiger partial charge >= 0.3 is 0 Å². The molecule has 3 nitrogen and oxygen atoms in total. The van der Waals surface area contributed by atoms with E-state index in [-0.39, 0.29) is 12.0 Å². The highest BCUT2D eigenvalue weighted by Crippen LogP contribution is 2.30.